The minimum Gasteiger partial charge on any atom is -0.309 e. The van der Waals surface area contributed by atoms with E-state index in [9.17, 15) is 0 Å². The first-order chi connectivity index (χ1) is 17.9. The molecule has 2 aliphatic rings. The zero-order valence-corrected chi connectivity index (χ0v) is 21.9. The molecule has 1 nitrogen and oxygen atoms in total. The summed E-state index contributed by atoms with van der Waals surface area (Å²) < 4.78 is 0. The average molecular weight is 478 g/mol. The molecule has 0 unspecified atom stereocenters. The van der Waals surface area contributed by atoms with Crippen LogP contribution in [-0.4, -0.2) is 0 Å². The van der Waals surface area contributed by atoms with Crippen molar-refractivity contribution in [2.45, 2.75) is 38.5 Å². The Bertz CT molecular complexity index is 1660. The highest BCUT2D eigenvalue weighted by Gasteiger charge is 2.45. The third-order valence-corrected chi connectivity index (χ3v) is 8.66. The molecule has 180 valence electrons. The quantitative estimate of drug-likeness (QED) is 0.244. The molecule has 5 aromatic rings. The number of fused-ring (bicyclic) bond motifs is 4. The number of para-hydroxylation sites is 2. The van der Waals surface area contributed by atoms with Crippen LogP contribution >= 0.6 is 0 Å². The van der Waals surface area contributed by atoms with Crippen LogP contribution in [0.4, 0.5) is 17.1 Å². The van der Waals surface area contributed by atoms with Crippen molar-refractivity contribution in [3.8, 4) is 22.3 Å². The van der Waals surface area contributed by atoms with Crippen LogP contribution in [-0.2, 0) is 10.8 Å². The molecular formula is C36H31N. The number of hydrogen-bond donors (Lipinski definition) is 0. The first-order valence-electron chi connectivity index (χ1n) is 13.2. The third kappa shape index (κ3) is 3.10. The summed E-state index contributed by atoms with van der Waals surface area (Å²) in [5.74, 6) is 0. The fourth-order valence-corrected chi connectivity index (χ4v) is 6.55. The van der Waals surface area contributed by atoms with Crippen LogP contribution in [0.5, 0.6) is 0 Å². The molecule has 0 saturated heterocycles. The lowest BCUT2D eigenvalue weighted by Gasteiger charge is -2.49. The smallest absolute Gasteiger partial charge is 0.0543 e. The van der Waals surface area contributed by atoms with Gasteiger partial charge in [-0.3, -0.25) is 0 Å². The van der Waals surface area contributed by atoms with Crippen LogP contribution in [0.25, 0.3) is 22.3 Å². The van der Waals surface area contributed by atoms with E-state index in [1.54, 1.807) is 0 Å². The monoisotopic (exact) mass is 477 g/mol. The van der Waals surface area contributed by atoms with E-state index in [-0.39, 0.29) is 10.8 Å². The molecule has 0 aliphatic carbocycles. The molecule has 7 rings (SSSR count). The second kappa shape index (κ2) is 7.70. The fourth-order valence-electron chi connectivity index (χ4n) is 6.55. The molecule has 0 radical (unpaired) electrons. The van der Waals surface area contributed by atoms with Crippen molar-refractivity contribution in [3.63, 3.8) is 0 Å². The normalized spacial score (nSPS) is 15.9. The van der Waals surface area contributed by atoms with Gasteiger partial charge < -0.3 is 4.90 Å². The molecule has 2 heterocycles. The second-order valence-corrected chi connectivity index (χ2v) is 11.5. The third-order valence-electron chi connectivity index (χ3n) is 8.66. The van der Waals surface area contributed by atoms with Gasteiger partial charge in [0.2, 0.25) is 0 Å². The van der Waals surface area contributed by atoms with E-state index in [2.05, 4.69) is 148 Å². The summed E-state index contributed by atoms with van der Waals surface area (Å²) in [5.41, 5.74) is 14.4. The maximum Gasteiger partial charge on any atom is 0.0543 e. The lowest BCUT2D eigenvalue weighted by Crippen LogP contribution is -2.38. The first kappa shape index (κ1) is 22.1. The Hall–Kier alpha value is -4.10. The van der Waals surface area contributed by atoms with E-state index in [1.165, 1.54) is 61.6 Å². The summed E-state index contributed by atoms with van der Waals surface area (Å²) >= 11 is 0. The summed E-state index contributed by atoms with van der Waals surface area (Å²) in [6.07, 6.45) is 0. The van der Waals surface area contributed by atoms with Gasteiger partial charge in [-0.05, 0) is 62.7 Å². The Labute approximate surface area is 220 Å². The number of anilines is 3. The number of hydrogen-bond acceptors (Lipinski definition) is 1. The summed E-state index contributed by atoms with van der Waals surface area (Å²) in [7, 11) is 0. The molecule has 0 spiro atoms. The van der Waals surface area contributed by atoms with Gasteiger partial charge in [-0.1, -0.05) is 125 Å². The number of benzene rings is 5. The van der Waals surface area contributed by atoms with Crippen LogP contribution in [0, 0.1) is 0 Å². The molecular weight excluding hydrogens is 446 g/mol. The van der Waals surface area contributed by atoms with Gasteiger partial charge in [-0.15, -0.1) is 0 Å². The minimum absolute atomic E-state index is 0.0491. The molecule has 0 saturated carbocycles. The summed E-state index contributed by atoms with van der Waals surface area (Å²) in [4.78, 5) is 2.52. The second-order valence-electron chi connectivity index (χ2n) is 11.5. The van der Waals surface area contributed by atoms with Gasteiger partial charge in [0.1, 0.15) is 0 Å². The van der Waals surface area contributed by atoms with Gasteiger partial charge in [-0.2, -0.15) is 0 Å². The highest BCUT2D eigenvalue weighted by molar-refractivity contribution is 5.93. The van der Waals surface area contributed by atoms with Crippen molar-refractivity contribution in [2.75, 3.05) is 4.90 Å². The van der Waals surface area contributed by atoms with Crippen molar-refractivity contribution < 1.29 is 0 Å². The minimum atomic E-state index is -0.112. The van der Waals surface area contributed by atoms with Gasteiger partial charge in [-0.25, -0.2) is 0 Å². The molecule has 0 aromatic heterocycles. The summed E-state index contributed by atoms with van der Waals surface area (Å²) in [5, 5.41) is 0. The van der Waals surface area contributed by atoms with Crippen LogP contribution in [0.1, 0.15) is 49.9 Å². The Morgan fingerprint density at radius 3 is 1.59 bits per heavy atom. The maximum absolute atomic E-state index is 2.52. The molecule has 5 aromatic carbocycles. The molecule has 2 aliphatic heterocycles. The van der Waals surface area contributed by atoms with Gasteiger partial charge in [0.25, 0.3) is 0 Å². The highest BCUT2D eigenvalue weighted by atomic mass is 15.2. The molecule has 1 heteroatoms. The number of rotatable bonds is 2. The van der Waals surface area contributed by atoms with Gasteiger partial charge >= 0.3 is 0 Å². The maximum atomic E-state index is 2.52. The largest absolute Gasteiger partial charge is 0.309 e. The molecule has 0 fully saturated rings. The molecule has 0 amide bonds. The van der Waals surface area contributed by atoms with E-state index in [1.807, 2.05) is 0 Å². The van der Waals surface area contributed by atoms with Crippen molar-refractivity contribution >= 4 is 17.1 Å². The van der Waals surface area contributed by atoms with E-state index >= 15 is 0 Å². The lowest BCUT2D eigenvalue weighted by atomic mass is 9.66. The molecule has 0 bridgehead atoms. The van der Waals surface area contributed by atoms with Gasteiger partial charge in [0.05, 0.1) is 17.1 Å². The lowest BCUT2D eigenvalue weighted by molar-refractivity contribution is 0.597. The van der Waals surface area contributed by atoms with Crippen LogP contribution < -0.4 is 4.90 Å². The zero-order valence-electron chi connectivity index (χ0n) is 21.9. The van der Waals surface area contributed by atoms with Crippen LogP contribution in [0.2, 0.25) is 0 Å². The van der Waals surface area contributed by atoms with E-state index in [0.29, 0.717) is 0 Å². The Morgan fingerprint density at radius 1 is 0.405 bits per heavy atom. The summed E-state index contributed by atoms with van der Waals surface area (Å²) in [6, 6.07) is 42.5. The van der Waals surface area contributed by atoms with E-state index in [0.717, 1.165) is 0 Å². The van der Waals surface area contributed by atoms with Crippen molar-refractivity contribution in [3.05, 3.63) is 138 Å². The van der Waals surface area contributed by atoms with E-state index in [4.69, 9.17) is 0 Å². The predicted molar refractivity (Wildman–Crippen MR) is 156 cm³/mol. The van der Waals surface area contributed by atoms with Crippen molar-refractivity contribution in [1.82, 2.24) is 0 Å². The fraction of sp³-hybridized carbons (Fsp3) is 0.167. The van der Waals surface area contributed by atoms with Crippen molar-refractivity contribution in [1.29, 1.82) is 0 Å². The SMILES string of the molecule is CC1(C)c2ccccc2N2c3ccc(-c4ccc(-c5ccccc5)cc4)cc3C(C)(C)c3cccc1c32. The Morgan fingerprint density at radius 2 is 0.892 bits per heavy atom. The first-order valence-corrected chi connectivity index (χ1v) is 13.2. The van der Waals surface area contributed by atoms with Gasteiger partial charge in [0.15, 0.2) is 0 Å². The standard InChI is InChI=1S/C36H31N/c1-35(2)28-13-8-9-16-32(28)37-33-22-21-27(26-19-17-25(18-20-26)24-11-6-5-7-12-24)23-31(33)36(3,4)30-15-10-14-29(35)34(30)37/h5-23H,1-4H3. The summed E-state index contributed by atoms with van der Waals surface area (Å²) in [6.45, 7) is 9.50. The Kier molecular flexibility index (Phi) is 4.60. The van der Waals surface area contributed by atoms with Crippen LogP contribution in [0.3, 0.4) is 0 Å². The Balaban J connectivity index is 1.40. The average Bonchev–Trinajstić information content (AvgIpc) is 2.93. The van der Waals surface area contributed by atoms with Crippen molar-refractivity contribution in [2.24, 2.45) is 0 Å². The highest BCUT2D eigenvalue weighted by Crippen LogP contribution is 2.60. The van der Waals surface area contributed by atoms with Crippen LogP contribution in [0.15, 0.2) is 115 Å². The topological polar surface area (TPSA) is 3.24 Å². The van der Waals surface area contributed by atoms with E-state index < -0.39 is 0 Å². The zero-order chi connectivity index (χ0) is 25.4. The predicted octanol–water partition coefficient (Wildman–Crippen LogP) is 9.77. The molecule has 0 atom stereocenters. The molecule has 0 N–H and O–H groups in total. The van der Waals surface area contributed by atoms with Gasteiger partial charge in [0, 0.05) is 10.8 Å². The molecule has 37 heavy (non-hydrogen) atoms. The number of nitrogens with zero attached hydrogens (tertiary/aromatic N) is 1.